The lowest BCUT2D eigenvalue weighted by molar-refractivity contribution is 0.220. The van der Waals surface area contributed by atoms with Crippen molar-refractivity contribution in [1.29, 1.82) is 0 Å². The minimum atomic E-state index is -3.55. The van der Waals surface area contributed by atoms with Crippen LogP contribution in [0.4, 0.5) is 10.5 Å². The average molecular weight is 394 g/mol. The van der Waals surface area contributed by atoms with E-state index in [1.54, 1.807) is 47.0 Å². The van der Waals surface area contributed by atoms with Gasteiger partial charge in [0.05, 0.1) is 17.1 Å². The summed E-state index contributed by atoms with van der Waals surface area (Å²) in [5.74, 6) is 0.677. The highest BCUT2D eigenvalue weighted by Crippen LogP contribution is 2.20. The van der Waals surface area contributed by atoms with Gasteiger partial charge in [-0.2, -0.15) is 4.31 Å². The number of anilines is 1. The van der Waals surface area contributed by atoms with Gasteiger partial charge in [-0.15, -0.1) is 0 Å². The van der Waals surface area contributed by atoms with E-state index in [0.29, 0.717) is 18.0 Å². The number of urea groups is 1. The molecule has 0 atom stereocenters. The van der Waals surface area contributed by atoms with Gasteiger partial charge in [-0.1, -0.05) is 5.16 Å². The quantitative estimate of drug-likeness (QED) is 0.812. The summed E-state index contributed by atoms with van der Waals surface area (Å²) in [4.78, 5) is 14.1. The van der Waals surface area contributed by atoms with Gasteiger partial charge in [-0.3, -0.25) is 0 Å². The molecule has 2 aromatic rings. The lowest BCUT2D eigenvalue weighted by Gasteiger charge is -2.21. The monoisotopic (exact) mass is 394 g/mol. The van der Waals surface area contributed by atoms with Gasteiger partial charge in [0.15, 0.2) is 0 Å². The van der Waals surface area contributed by atoms with E-state index in [1.165, 1.54) is 21.3 Å². The molecule has 8 nitrogen and oxygen atoms in total. The van der Waals surface area contributed by atoms with E-state index < -0.39 is 10.0 Å². The van der Waals surface area contributed by atoms with Crippen LogP contribution >= 0.6 is 0 Å². The minimum absolute atomic E-state index is 0.146. The van der Waals surface area contributed by atoms with E-state index in [9.17, 15) is 13.2 Å². The average Bonchev–Trinajstić information content (AvgIpc) is 2.93. The van der Waals surface area contributed by atoms with Crippen LogP contribution < -0.4 is 5.32 Å². The van der Waals surface area contributed by atoms with Crippen molar-refractivity contribution in [3.05, 3.63) is 41.3 Å². The van der Waals surface area contributed by atoms with Gasteiger partial charge in [0.2, 0.25) is 10.0 Å². The van der Waals surface area contributed by atoms with Gasteiger partial charge >= 0.3 is 6.03 Å². The molecule has 0 saturated carbocycles. The molecule has 0 aliphatic rings. The van der Waals surface area contributed by atoms with Crippen molar-refractivity contribution in [1.82, 2.24) is 14.4 Å². The Balaban J connectivity index is 2.06. The molecule has 0 bridgehead atoms. The van der Waals surface area contributed by atoms with Gasteiger partial charge in [-0.25, -0.2) is 13.2 Å². The van der Waals surface area contributed by atoms with Crippen LogP contribution in [0.1, 0.15) is 30.9 Å². The van der Waals surface area contributed by atoms with Crippen LogP contribution in [-0.4, -0.2) is 48.9 Å². The Labute approximate surface area is 160 Å². The zero-order valence-electron chi connectivity index (χ0n) is 16.5. The van der Waals surface area contributed by atoms with Crippen LogP contribution in [0.15, 0.2) is 33.7 Å². The van der Waals surface area contributed by atoms with Crippen LogP contribution in [-0.2, 0) is 16.6 Å². The highest BCUT2D eigenvalue weighted by Gasteiger charge is 2.23. The molecule has 1 aromatic heterocycles. The molecule has 1 aromatic carbocycles. The van der Waals surface area contributed by atoms with E-state index in [4.69, 9.17) is 4.52 Å². The summed E-state index contributed by atoms with van der Waals surface area (Å²) in [7, 11) is -0.345. The Morgan fingerprint density at radius 1 is 1.19 bits per heavy atom. The maximum absolute atomic E-state index is 12.5. The predicted molar refractivity (Wildman–Crippen MR) is 103 cm³/mol. The van der Waals surface area contributed by atoms with E-state index in [0.717, 1.165) is 11.3 Å². The largest absolute Gasteiger partial charge is 0.361 e. The summed E-state index contributed by atoms with van der Waals surface area (Å²) in [6, 6.07) is 5.65. The fourth-order valence-electron chi connectivity index (χ4n) is 2.41. The van der Waals surface area contributed by atoms with Crippen molar-refractivity contribution in [3.63, 3.8) is 0 Å². The van der Waals surface area contributed by atoms with E-state index >= 15 is 0 Å². The van der Waals surface area contributed by atoms with Crippen LogP contribution in [0.2, 0.25) is 0 Å². The maximum Gasteiger partial charge on any atom is 0.321 e. The zero-order chi connectivity index (χ0) is 20.4. The van der Waals surface area contributed by atoms with Gasteiger partial charge in [0.1, 0.15) is 5.76 Å². The molecule has 1 N–H and O–H groups in total. The topological polar surface area (TPSA) is 95.7 Å². The summed E-state index contributed by atoms with van der Waals surface area (Å²) >= 11 is 0. The maximum atomic E-state index is 12.5. The lowest BCUT2D eigenvalue weighted by Crippen LogP contribution is -2.33. The summed E-state index contributed by atoms with van der Waals surface area (Å²) in [5.41, 5.74) is 2.12. The summed E-state index contributed by atoms with van der Waals surface area (Å²) in [5, 5.41) is 6.63. The van der Waals surface area contributed by atoms with E-state index in [-0.39, 0.29) is 17.0 Å². The number of benzene rings is 1. The highest BCUT2D eigenvalue weighted by atomic mass is 32.2. The SMILES string of the molecule is Cc1noc(C)c1CN(C)C(=O)Nc1ccc(S(=O)(=O)N(C)C(C)C)cc1. The first-order valence-electron chi connectivity index (χ1n) is 8.56. The van der Waals surface area contributed by atoms with E-state index in [1.807, 2.05) is 6.92 Å². The molecular formula is C18H26N4O4S. The van der Waals surface area contributed by atoms with Crippen LogP contribution in [0.3, 0.4) is 0 Å². The van der Waals surface area contributed by atoms with Crippen LogP contribution in [0, 0.1) is 13.8 Å². The smallest absolute Gasteiger partial charge is 0.321 e. The molecule has 27 heavy (non-hydrogen) atoms. The fourth-order valence-corrected chi connectivity index (χ4v) is 3.78. The molecule has 1 heterocycles. The standard InChI is InChI=1S/C18H26N4O4S/c1-12(2)22(6)27(24,25)16-9-7-15(8-10-16)19-18(23)21(5)11-17-13(3)20-26-14(17)4/h7-10,12H,11H2,1-6H3,(H,19,23). The third-order valence-corrected chi connectivity index (χ3v) is 6.48. The molecular weight excluding hydrogens is 368 g/mol. The molecule has 2 rings (SSSR count). The van der Waals surface area contributed by atoms with Crippen LogP contribution in [0.5, 0.6) is 0 Å². The van der Waals surface area contributed by atoms with Gasteiger partial charge in [-0.05, 0) is 52.0 Å². The number of aromatic nitrogens is 1. The number of rotatable bonds is 6. The number of carbonyl (C=O) groups is 1. The summed E-state index contributed by atoms with van der Waals surface area (Å²) in [6.45, 7) is 7.60. The third kappa shape index (κ3) is 4.67. The molecule has 0 spiro atoms. The highest BCUT2D eigenvalue weighted by molar-refractivity contribution is 7.89. The second kappa shape index (κ2) is 8.10. The molecule has 0 fully saturated rings. The third-order valence-electron chi connectivity index (χ3n) is 4.43. The Morgan fingerprint density at radius 2 is 1.78 bits per heavy atom. The Bertz CT molecular complexity index is 884. The molecule has 0 aliphatic heterocycles. The minimum Gasteiger partial charge on any atom is -0.361 e. The van der Waals surface area contributed by atoms with Crippen molar-refractivity contribution in [3.8, 4) is 0 Å². The number of sulfonamides is 1. The second-order valence-electron chi connectivity index (χ2n) is 6.73. The molecule has 0 saturated heterocycles. The first-order chi connectivity index (χ1) is 12.5. The Kier molecular flexibility index (Phi) is 6.27. The normalized spacial score (nSPS) is 11.9. The van der Waals surface area contributed by atoms with Crippen molar-refractivity contribution in [2.24, 2.45) is 0 Å². The first kappa shape index (κ1) is 20.9. The van der Waals surface area contributed by atoms with E-state index in [2.05, 4.69) is 10.5 Å². The van der Waals surface area contributed by atoms with Gasteiger partial charge < -0.3 is 14.7 Å². The lowest BCUT2D eigenvalue weighted by atomic mass is 10.2. The summed E-state index contributed by atoms with van der Waals surface area (Å²) < 4.78 is 31.4. The number of carbonyl (C=O) groups excluding carboxylic acids is 1. The van der Waals surface area contributed by atoms with Crippen molar-refractivity contribution in [2.45, 2.75) is 45.2 Å². The Morgan fingerprint density at radius 3 is 2.26 bits per heavy atom. The van der Waals surface area contributed by atoms with Crippen molar-refractivity contribution < 1.29 is 17.7 Å². The molecule has 0 aliphatic carbocycles. The molecule has 2 amide bonds. The number of hydrogen-bond donors (Lipinski definition) is 1. The van der Waals surface area contributed by atoms with Gasteiger partial charge in [0.25, 0.3) is 0 Å². The number of hydrogen-bond acceptors (Lipinski definition) is 5. The van der Waals surface area contributed by atoms with Crippen LogP contribution in [0.25, 0.3) is 0 Å². The molecule has 9 heteroatoms. The zero-order valence-corrected chi connectivity index (χ0v) is 17.3. The molecule has 0 unspecified atom stereocenters. The number of nitrogens with zero attached hydrogens (tertiary/aromatic N) is 3. The number of amides is 2. The van der Waals surface area contributed by atoms with Crippen molar-refractivity contribution in [2.75, 3.05) is 19.4 Å². The number of nitrogens with one attached hydrogen (secondary N) is 1. The molecule has 0 radical (unpaired) electrons. The second-order valence-corrected chi connectivity index (χ2v) is 8.73. The van der Waals surface area contributed by atoms with Gasteiger partial charge in [0, 0.05) is 31.4 Å². The summed E-state index contributed by atoms with van der Waals surface area (Å²) in [6.07, 6.45) is 0. The Hall–Kier alpha value is -2.39. The fraction of sp³-hybridized carbons (Fsp3) is 0.444. The number of aryl methyl sites for hydroxylation is 2. The predicted octanol–water partition coefficient (Wildman–Crippen LogP) is 2.98. The van der Waals surface area contributed by atoms with Crippen molar-refractivity contribution >= 4 is 21.7 Å². The molecule has 148 valence electrons. The first-order valence-corrected chi connectivity index (χ1v) is 10.00.